The molecule has 2 fully saturated rings. The predicted molar refractivity (Wildman–Crippen MR) is 115 cm³/mol. The van der Waals surface area contributed by atoms with Crippen LogP contribution in [0.25, 0.3) is 0 Å². The summed E-state index contributed by atoms with van der Waals surface area (Å²) in [5.74, 6) is -1.20. The molecule has 1 unspecified atom stereocenters. The van der Waals surface area contributed by atoms with Crippen molar-refractivity contribution in [3.05, 3.63) is 47.7 Å². The van der Waals surface area contributed by atoms with Gasteiger partial charge in [-0.15, -0.1) is 0 Å². The van der Waals surface area contributed by atoms with E-state index in [1.165, 1.54) is 11.8 Å². The van der Waals surface area contributed by atoms with Gasteiger partial charge in [0.2, 0.25) is 5.91 Å². The molecule has 1 aromatic carbocycles. The van der Waals surface area contributed by atoms with Crippen LogP contribution >= 0.6 is 0 Å². The van der Waals surface area contributed by atoms with Gasteiger partial charge in [0.05, 0.1) is 18.6 Å². The number of nitrogens with zero attached hydrogens (tertiary/aromatic N) is 1. The third kappa shape index (κ3) is 6.26. The fourth-order valence-electron chi connectivity index (χ4n) is 4.01. The Morgan fingerprint density at radius 3 is 2.52 bits per heavy atom. The second kappa shape index (κ2) is 9.90. The van der Waals surface area contributed by atoms with Crippen LogP contribution in [0.3, 0.4) is 0 Å². The Kier molecular flexibility index (Phi) is 7.25. The highest BCUT2D eigenvalue weighted by Crippen LogP contribution is 2.34. The van der Waals surface area contributed by atoms with Gasteiger partial charge in [-0.25, -0.2) is 0 Å². The first-order valence-electron chi connectivity index (χ1n) is 10.8. The molecule has 0 bridgehead atoms. The number of hydrogen-bond acceptors (Lipinski definition) is 6. The largest absolute Gasteiger partial charge is 0.466 e. The smallest absolute Gasteiger partial charge is 0.308 e. The molecule has 31 heavy (non-hydrogen) atoms. The van der Waals surface area contributed by atoms with Crippen molar-refractivity contribution in [2.45, 2.75) is 52.0 Å². The van der Waals surface area contributed by atoms with E-state index in [1.807, 2.05) is 44.2 Å². The molecule has 1 aromatic rings. The van der Waals surface area contributed by atoms with Crippen LogP contribution in [0.2, 0.25) is 0 Å². The van der Waals surface area contributed by atoms with E-state index in [1.54, 1.807) is 4.90 Å². The van der Waals surface area contributed by atoms with Gasteiger partial charge in [0, 0.05) is 32.1 Å². The lowest BCUT2D eigenvalue weighted by molar-refractivity contribution is -0.147. The van der Waals surface area contributed by atoms with Gasteiger partial charge < -0.3 is 15.0 Å². The summed E-state index contributed by atoms with van der Waals surface area (Å²) in [6.45, 7) is 4.87. The fraction of sp³-hybridized carbons (Fsp3) is 0.500. The topological polar surface area (TPSA) is 92.8 Å². The molecule has 2 aliphatic rings. The lowest BCUT2D eigenvalue weighted by atomic mass is 9.74. The standard InChI is InChI=1S/C24H30N2O5/c1-24(2)14-20(27)18(21(28)15-24)16-26-11-10-25-23(30)19(26)13-22(29)31-12-6-9-17-7-4-3-5-8-17/h3-5,7-8,16,19H,6,9-15H2,1-2H3,(H,25,30). The molecule has 166 valence electrons. The van der Waals surface area contributed by atoms with E-state index in [9.17, 15) is 19.2 Å². The van der Waals surface area contributed by atoms with Crippen molar-refractivity contribution < 1.29 is 23.9 Å². The number of ether oxygens (including phenoxy) is 1. The van der Waals surface area contributed by atoms with Crippen molar-refractivity contribution >= 4 is 23.4 Å². The Morgan fingerprint density at radius 2 is 1.84 bits per heavy atom. The number of hydrogen-bond donors (Lipinski definition) is 1. The van der Waals surface area contributed by atoms with Crippen LogP contribution in [0.4, 0.5) is 0 Å². The van der Waals surface area contributed by atoms with Crippen molar-refractivity contribution in [2.24, 2.45) is 5.41 Å². The number of amides is 1. The summed E-state index contributed by atoms with van der Waals surface area (Å²) >= 11 is 0. The van der Waals surface area contributed by atoms with Crippen molar-refractivity contribution in [1.29, 1.82) is 0 Å². The van der Waals surface area contributed by atoms with Gasteiger partial charge in [0.15, 0.2) is 11.6 Å². The first kappa shape index (κ1) is 22.7. The molecule has 0 spiro atoms. The monoisotopic (exact) mass is 426 g/mol. The van der Waals surface area contributed by atoms with Gasteiger partial charge >= 0.3 is 5.97 Å². The van der Waals surface area contributed by atoms with Gasteiger partial charge in [-0.2, -0.15) is 0 Å². The number of allylic oxidation sites excluding steroid dienone is 1. The Labute approximate surface area is 182 Å². The van der Waals surface area contributed by atoms with Crippen molar-refractivity contribution in [3.63, 3.8) is 0 Å². The molecule has 7 heteroatoms. The van der Waals surface area contributed by atoms with E-state index < -0.39 is 12.0 Å². The number of rotatable bonds is 7. The summed E-state index contributed by atoms with van der Waals surface area (Å²) in [5.41, 5.74) is 0.941. The van der Waals surface area contributed by atoms with Crippen LogP contribution in [0.1, 0.15) is 45.1 Å². The molecular weight excluding hydrogens is 396 g/mol. The fourth-order valence-corrected chi connectivity index (χ4v) is 4.01. The Bertz CT molecular complexity index is 853. The quantitative estimate of drug-likeness (QED) is 0.311. The molecule has 1 aliphatic heterocycles. The third-order valence-electron chi connectivity index (χ3n) is 5.62. The minimum absolute atomic E-state index is 0.121. The molecule has 1 aliphatic carbocycles. The van der Waals surface area contributed by atoms with E-state index in [-0.39, 0.29) is 41.5 Å². The summed E-state index contributed by atoms with van der Waals surface area (Å²) in [6.07, 6.45) is 3.42. The average molecular weight is 427 g/mol. The van der Waals surface area contributed by atoms with Gasteiger partial charge in [-0.1, -0.05) is 44.2 Å². The van der Waals surface area contributed by atoms with E-state index in [0.29, 0.717) is 32.4 Å². The number of piperazine rings is 1. The average Bonchev–Trinajstić information content (AvgIpc) is 2.70. The summed E-state index contributed by atoms with van der Waals surface area (Å²) < 4.78 is 5.32. The molecule has 0 radical (unpaired) electrons. The molecule has 1 saturated carbocycles. The first-order chi connectivity index (χ1) is 14.7. The zero-order chi connectivity index (χ0) is 22.4. The maximum Gasteiger partial charge on any atom is 0.308 e. The van der Waals surface area contributed by atoms with E-state index >= 15 is 0 Å². The zero-order valence-corrected chi connectivity index (χ0v) is 18.2. The summed E-state index contributed by atoms with van der Waals surface area (Å²) in [5, 5.41) is 2.74. The number of aryl methyl sites for hydroxylation is 1. The summed E-state index contributed by atoms with van der Waals surface area (Å²) in [7, 11) is 0. The minimum atomic E-state index is -0.793. The minimum Gasteiger partial charge on any atom is -0.466 e. The lowest BCUT2D eigenvalue weighted by Crippen LogP contribution is -2.54. The zero-order valence-electron chi connectivity index (χ0n) is 18.2. The highest BCUT2D eigenvalue weighted by atomic mass is 16.5. The van der Waals surface area contributed by atoms with Crippen LogP contribution in [0.15, 0.2) is 42.1 Å². The lowest BCUT2D eigenvalue weighted by Gasteiger charge is -2.35. The van der Waals surface area contributed by atoms with Crippen molar-refractivity contribution in [3.8, 4) is 0 Å². The molecule has 7 nitrogen and oxygen atoms in total. The van der Waals surface area contributed by atoms with Crippen LogP contribution in [-0.2, 0) is 30.3 Å². The van der Waals surface area contributed by atoms with Gasteiger partial charge in [0.25, 0.3) is 0 Å². The molecular formula is C24H30N2O5. The van der Waals surface area contributed by atoms with Crippen molar-refractivity contribution in [2.75, 3.05) is 19.7 Å². The Morgan fingerprint density at radius 1 is 1.16 bits per heavy atom. The van der Waals surface area contributed by atoms with Crippen LogP contribution in [0, 0.1) is 5.41 Å². The molecule has 1 saturated heterocycles. The summed E-state index contributed by atoms with van der Waals surface area (Å²) in [4.78, 5) is 51.3. The Hall–Kier alpha value is -2.96. The number of nitrogens with one attached hydrogen (secondary N) is 1. The molecule has 1 amide bonds. The van der Waals surface area contributed by atoms with Crippen molar-refractivity contribution in [1.82, 2.24) is 10.2 Å². The third-order valence-corrected chi connectivity index (χ3v) is 5.62. The molecule has 3 rings (SSSR count). The second-order valence-corrected chi connectivity index (χ2v) is 8.97. The maximum atomic E-state index is 12.5. The number of carbonyl (C=O) groups excluding carboxylic acids is 4. The first-order valence-corrected chi connectivity index (χ1v) is 10.8. The van der Waals surface area contributed by atoms with E-state index in [4.69, 9.17) is 4.74 Å². The second-order valence-electron chi connectivity index (χ2n) is 8.97. The van der Waals surface area contributed by atoms with Gasteiger partial charge in [-0.3, -0.25) is 19.2 Å². The number of Topliss-reactive ketones (excluding diaryl/α,β-unsaturated/α-hetero) is 2. The molecule has 0 aromatic heterocycles. The SMILES string of the molecule is CC1(C)CC(=O)C(=CN2CCNC(=O)C2CC(=O)OCCCc2ccccc2)C(=O)C1. The normalized spacial score (nSPS) is 21.0. The highest BCUT2D eigenvalue weighted by Gasteiger charge is 2.37. The molecule has 1 atom stereocenters. The number of benzene rings is 1. The molecule has 1 N–H and O–H groups in total. The number of ketones is 2. The van der Waals surface area contributed by atoms with Gasteiger partial charge in [-0.05, 0) is 23.8 Å². The van der Waals surface area contributed by atoms with Crippen LogP contribution in [-0.4, -0.2) is 54.1 Å². The molecule has 1 heterocycles. The number of esters is 1. The predicted octanol–water partition coefficient (Wildman–Crippen LogP) is 2.19. The van der Waals surface area contributed by atoms with Crippen LogP contribution < -0.4 is 5.32 Å². The van der Waals surface area contributed by atoms with Gasteiger partial charge in [0.1, 0.15) is 6.04 Å². The van der Waals surface area contributed by atoms with E-state index in [0.717, 1.165) is 6.42 Å². The maximum absolute atomic E-state index is 12.5. The number of carbonyl (C=O) groups is 4. The van der Waals surface area contributed by atoms with Crippen LogP contribution in [0.5, 0.6) is 0 Å². The Balaban J connectivity index is 1.57. The summed E-state index contributed by atoms with van der Waals surface area (Å²) in [6, 6.07) is 9.14. The van der Waals surface area contributed by atoms with E-state index in [2.05, 4.69) is 5.32 Å². The highest BCUT2D eigenvalue weighted by molar-refractivity contribution is 6.22.